The topological polar surface area (TPSA) is 9.86 Å². The molecular weight excluding hydrogens is 532 g/mol. The molecule has 10 aromatic rings. The molecule has 0 atom stereocenters. The lowest BCUT2D eigenvalue weighted by Gasteiger charge is -2.15. The molecule has 2 heteroatoms. The van der Waals surface area contributed by atoms with Gasteiger partial charge < -0.3 is 9.13 Å². The number of hydrogen-bond donors (Lipinski definition) is 0. The Labute approximate surface area is 253 Å². The highest BCUT2D eigenvalue weighted by atomic mass is 15.0. The van der Waals surface area contributed by atoms with Crippen LogP contribution in [0.3, 0.4) is 0 Å². The van der Waals surface area contributed by atoms with Crippen LogP contribution in [0.4, 0.5) is 0 Å². The Balaban J connectivity index is 1.34. The third kappa shape index (κ3) is 3.14. The summed E-state index contributed by atoms with van der Waals surface area (Å²) in [7, 11) is 0. The highest BCUT2D eigenvalue weighted by Gasteiger charge is 2.18. The van der Waals surface area contributed by atoms with Crippen molar-refractivity contribution in [2.75, 3.05) is 0 Å². The standard InChI is InChI=1S/C42H26N2/c1-2-12-27(13-3-1)43-41-21-11-8-18-34(41)38-25-36-31-23-22-28(24-35(31)29-14-4-5-15-30(29)37(36)26-42(38)43)44-39-19-9-6-16-32(39)33-17-7-10-20-40(33)44/h1-26H. The molecule has 0 aliphatic heterocycles. The first kappa shape index (κ1) is 23.7. The molecule has 0 spiro atoms. The van der Waals surface area contributed by atoms with E-state index in [1.807, 2.05) is 0 Å². The summed E-state index contributed by atoms with van der Waals surface area (Å²) in [5.41, 5.74) is 7.28. The van der Waals surface area contributed by atoms with Gasteiger partial charge in [0.2, 0.25) is 0 Å². The first-order valence-electron chi connectivity index (χ1n) is 15.2. The molecule has 0 aliphatic rings. The predicted octanol–water partition coefficient (Wildman–Crippen LogP) is 11.3. The van der Waals surface area contributed by atoms with E-state index < -0.39 is 0 Å². The van der Waals surface area contributed by atoms with Gasteiger partial charge in [0.1, 0.15) is 0 Å². The molecule has 0 N–H and O–H groups in total. The molecule has 0 bridgehead atoms. The molecule has 44 heavy (non-hydrogen) atoms. The predicted molar refractivity (Wildman–Crippen MR) is 188 cm³/mol. The van der Waals surface area contributed by atoms with Crippen LogP contribution in [0.15, 0.2) is 158 Å². The third-order valence-electron chi connectivity index (χ3n) is 9.47. The Morgan fingerprint density at radius 1 is 0.227 bits per heavy atom. The van der Waals surface area contributed by atoms with Crippen LogP contribution in [0, 0.1) is 0 Å². The van der Waals surface area contributed by atoms with Gasteiger partial charge in [-0.15, -0.1) is 0 Å². The summed E-state index contributed by atoms with van der Waals surface area (Å²) in [5, 5.41) is 12.8. The Bertz CT molecular complexity index is 2710. The van der Waals surface area contributed by atoms with Crippen LogP contribution >= 0.6 is 0 Å². The van der Waals surface area contributed by atoms with Crippen LogP contribution in [-0.4, -0.2) is 9.13 Å². The van der Waals surface area contributed by atoms with E-state index >= 15 is 0 Å². The van der Waals surface area contributed by atoms with Gasteiger partial charge >= 0.3 is 0 Å². The summed E-state index contributed by atoms with van der Waals surface area (Å²) < 4.78 is 4.83. The molecule has 0 fully saturated rings. The number of fused-ring (bicyclic) bond motifs is 12. The first-order chi connectivity index (χ1) is 21.8. The largest absolute Gasteiger partial charge is 0.309 e. The van der Waals surface area contributed by atoms with Gasteiger partial charge in [0.05, 0.1) is 22.1 Å². The summed E-state index contributed by atoms with van der Waals surface area (Å²) in [6.45, 7) is 0. The number of benzene rings is 8. The number of aromatic nitrogens is 2. The highest BCUT2D eigenvalue weighted by Crippen LogP contribution is 2.42. The Morgan fingerprint density at radius 2 is 0.659 bits per heavy atom. The number of para-hydroxylation sites is 4. The van der Waals surface area contributed by atoms with Gasteiger partial charge in [-0.1, -0.05) is 103 Å². The SMILES string of the molecule is c1ccc(-n2c3ccccc3c3cc4c5ccc(-n6c7ccccc7c7ccccc76)cc5c5ccccc5c4cc32)cc1. The second kappa shape index (κ2) is 8.82. The molecule has 204 valence electrons. The fourth-order valence-corrected chi connectivity index (χ4v) is 7.60. The minimum Gasteiger partial charge on any atom is -0.309 e. The zero-order valence-corrected chi connectivity index (χ0v) is 23.9. The van der Waals surface area contributed by atoms with Crippen molar-refractivity contribution in [1.29, 1.82) is 0 Å². The maximum atomic E-state index is 2.43. The molecule has 10 rings (SSSR count). The molecule has 2 heterocycles. The van der Waals surface area contributed by atoms with Crippen LogP contribution < -0.4 is 0 Å². The molecular formula is C42H26N2. The normalized spacial score (nSPS) is 12.1. The van der Waals surface area contributed by atoms with Crippen molar-refractivity contribution < 1.29 is 0 Å². The zero-order chi connectivity index (χ0) is 28.8. The van der Waals surface area contributed by atoms with Crippen molar-refractivity contribution in [2.45, 2.75) is 0 Å². The lowest BCUT2D eigenvalue weighted by molar-refractivity contribution is 1.18. The average Bonchev–Trinajstić information content (AvgIpc) is 3.60. The van der Waals surface area contributed by atoms with Crippen molar-refractivity contribution in [3.63, 3.8) is 0 Å². The van der Waals surface area contributed by atoms with E-state index in [-0.39, 0.29) is 0 Å². The molecule has 0 aliphatic carbocycles. The van der Waals surface area contributed by atoms with Crippen LogP contribution in [0.25, 0.3) is 87.3 Å². The minimum atomic E-state index is 1.18. The summed E-state index contributed by atoms with van der Waals surface area (Å²) >= 11 is 0. The Kier molecular flexibility index (Phi) is 4.75. The highest BCUT2D eigenvalue weighted by molar-refractivity contribution is 6.29. The Hall–Kier alpha value is -5.86. The molecule has 0 amide bonds. The van der Waals surface area contributed by atoms with Gasteiger partial charge in [-0.05, 0) is 86.9 Å². The number of nitrogens with zero attached hydrogens (tertiary/aromatic N) is 2. The molecule has 0 saturated heterocycles. The van der Waals surface area contributed by atoms with Crippen LogP contribution in [0.5, 0.6) is 0 Å². The Morgan fingerprint density at radius 3 is 1.27 bits per heavy atom. The quantitative estimate of drug-likeness (QED) is 0.187. The maximum absolute atomic E-state index is 2.43. The van der Waals surface area contributed by atoms with Crippen molar-refractivity contribution in [1.82, 2.24) is 9.13 Å². The lowest BCUT2D eigenvalue weighted by atomic mass is 9.93. The van der Waals surface area contributed by atoms with Crippen LogP contribution in [0.1, 0.15) is 0 Å². The summed E-state index contributed by atoms with van der Waals surface area (Å²) in [6, 6.07) is 57.8. The minimum absolute atomic E-state index is 1.18. The molecule has 0 saturated carbocycles. The molecule has 0 unspecified atom stereocenters. The monoisotopic (exact) mass is 558 g/mol. The van der Waals surface area contributed by atoms with Crippen molar-refractivity contribution in [3.05, 3.63) is 158 Å². The number of hydrogen-bond acceptors (Lipinski definition) is 0. The van der Waals surface area contributed by atoms with Crippen molar-refractivity contribution in [3.8, 4) is 11.4 Å². The van der Waals surface area contributed by atoms with Crippen LogP contribution in [-0.2, 0) is 0 Å². The maximum Gasteiger partial charge on any atom is 0.0547 e. The molecule has 8 aromatic carbocycles. The molecule has 2 aromatic heterocycles. The van der Waals surface area contributed by atoms with Gasteiger partial charge in [0.15, 0.2) is 0 Å². The fraction of sp³-hybridized carbons (Fsp3) is 0. The van der Waals surface area contributed by atoms with Gasteiger partial charge in [-0.2, -0.15) is 0 Å². The van der Waals surface area contributed by atoms with E-state index in [4.69, 9.17) is 0 Å². The van der Waals surface area contributed by atoms with E-state index in [9.17, 15) is 0 Å². The smallest absolute Gasteiger partial charge is 0.0547 e. The third-order valence-corrected chi connectivity index (χ3v) is 9.47. The van der Waals surface area contributed by atoms with E-state index in [0.29, 0.717) is 0 Å². The average molecular weight is 559 g/mol. The zero-order valence-electron chi connectivity index (χ0n) is 23.9. The first-order valence-corrected chi connectivity index (χ1v) is 15.2. The van der Waals surface area contributed by atoms with Gasteiger partial charge in [0.25, 0.3) is 0 Å². The van der Waals surface area contributed by atoms with Gasteiger partial charge in [0, 0.05) is 32.9 Å². The van der Waals surface area contributed by atoms with Crippen molar-refractivity contribution >= 4 is 75.9 Å². The van der Waals surface area contributed by atoms with E-state index in [1.165, 1.54) is 87.3 Å². The van der Waals surface area contributed by atoms with E-state index in [0.717, 1.165) is 0 Å². The summed E-state index contributed by atoms with van der Waals surface area (Å²) in [4.78, 5) is 0. The molecule has 2 nitrogen and oxygen atoms in total. The number of rotatable bonds is 2. The molecule has 0 radical (unpaired) electrons. The second-order valence-electron chi connectivity index (χ2n) is 11.7. The van der Waals surface area contributed by atoms with Crippen LogP contribution in [0.2, 0.25) is 0 Å². The lowest BCUT2D eigenvalue weighted by Crippen LogP contribution is -1.95. The van der Waals surface area contributed by atoms with E-state index in [1.54, 1.807) is 0 Å². The fourth-order valence-electron chi connectivity index (χ4n) is 7.60. The second-order valence-corrected chi connectivity index (χ2v) is 11.7. The van der Waals surface area contributed by atoms with Gasteiger partial charge in [-0.25, -0.2) is 0 Å². The summed E-state index contributed by atoms with van der Waals surface area (Å²) in [6.07, 6.45) is 0. The van der Waals surface area contributed by atoms with Crippen molar-refractivity contribution in [2.24, 2.45) is 0 Å². The summed E-state index contributed by atoms with van der Waals surface area (Å²) in [5.74, 6) is 0. The van der Waals surface area contributed by atoms with E-state index in [2.05, 4.69) is 167 Å². The van der Waals surface area contributed by atoms with Gasteiger partial charge in [-0.3, -0.25) is 0 Å².